The molecule has 1 aromatic heterocycles. The highest BCUT2D eigenvalue weighted by atomic mass is 32.2. The van der Waals surface area contributed by atoms with Crippen LogP contribution in [0.5, 0.6) is 0 Å². The van der Waals surface area contributed by atoms with Gasteiger partial charge in [-0.3, -0.25) is 4.79 Å². The summed E-state index contributed by atoms with van der Waals surface area (Å²) in [4.78, 5) is 14.4. The molecule has 1 amide bonds. The van der Waals surface area contributed by atoms with Gasteiger partial charge in [0.05, 0.1) is 0 Å². The first-order valence-electron chi connectivity index (χ1n) is 7.80. The van der Waals surface area contributed by atoms with Gasteiger partial charge in [-0.1, -0.05) is 12.5 Å². The number of amides is 1. The average molecular weight is 342 g/mol. The maximum Gasteiger partial charge on any atom is 0.253 e. The number of hydrogen-bond donors (Lipinski definition) is 0. The molecule has 2 aliphatic rings. The molecular weight excluding hydrogens is 320 g/mol. The van der Waals surface area contributed by atoms with Crippen molar-refractivity contribution in [2.45, 2.75) is 42.4 Å². The molecule has 22 heavy (non-hydrogen) atoms. The first-order chi connectivity index (χ1) is 10.5. The zero-order valence-electron chi connectivity index (χ0n) is 12.8. The van der Waals surface area contributed by atoms with E-state index in [-0.39, 0.29) is 5.91 Å². The number of nitrogens with zero attached hydrogens (tertiary/aromatic N) is 2. The third kappa shape index (κ3) is 2.94. The number of carbonyl (C=O) groups excluding carboxylic acids is 1. The molecule has 0 radical (unpaired) electrons. The summed E-state index contributed by atoms with van der Waals surface area (Å²) in [5.74, 6) is 0.544. The minimum absolute atomic E-state index is 0.0514. The number of carbonyl (C=O) groups is 1. The summed E-state index contributed by atoms with van der Waals surface area (Å²) in [6.07, 6.45) is 4.98. The summed E-state index contributed by atoms with van der Waals surface area (Å²) in [6, 6.07) is 2.81. The summed E-state index contributed by atoms with van der Waals surface area (Å²) in [6.45, 7) is 1.19. The summed E-state index contributed by atoms with van der Waals surface area (Å²) in [5, 5.41) is 1.75. The molecule has 1 unspecified atom stereocenters. The Morgan fingerprint density at radius 2 is 2.14 bits per heavy atom. The smallest absolute Gasteiger partial charge is 0.253 e. The Hall–Kier alpha value is -0.920. The Kier molecular flexibility index (Phi) is 4.56. The lowest BCUT2D eigenvalue weighted by Gasteiger charge is -2.33. The summed E-state index contributed by atoms with van der Waals surface area (Å²) in [5.41, 5.74) is 0. The fourth-order valence-corrected chi connectivity index (χ4v) is 5.98. The van der Waals surface area contributed by atoms with Crippen molar-refractivity contribution in [2.75, 3.05) is 20.1 Å². The van der Waals surface area contributed by atoms with Gasteiger partial charge in [0.15, 0.2) is 0 Å². The van der Waals surface area contributed by atoms with Crippen molar-refractivity contribution in [1.29, 1.82) is 0 Å². The van der Waals surface area contributed by atoms with Gasteiger partial charge in [-0.05, 0) is 43.0 Å². The van der Waals surface area contributed by atoms with Gasteiger partial charge in [-0.25, -0.2) is 8.42 Å². The van der Waals surface area contributed by atoms with E-state index in [0.717, 1.165) is 13.0 Å². The van der Waals surface area contributed by atoms with Crippen LogP contribution in [0.4, 0.5) is 0 Å². The fraction of sp³-hybridized carbons (Fsp3) is 0.667. The molecule has 0 aromatic carbocycles. The van der Waals surface area contributed by atoms with Crippen LogP contribution in [0.15, 0.2) is 21.7 Å². The number of sulfonamides is 1. The molecule has 0 bridgehead atoms. The monoisotopic (exact) mass is 342 g/mol. The first kappa shape index (κ1) is 16.0. The molecule has 1 aromatic rings. The van der Waals surface area contributed by atoms with E-state index in [1.54, 1.807) is 29.5 Å². The van der Waals surface area contributed by atoms with E-state index in [4.69, 9.17) is 0 Å². The number of thiophene rings is 1. The summed E-state index contributed by atoms with van der Waals surface area (Å²) >= 11 is 1.21. The first-order valence-corrected chi connectivity index (χ1v) is 10.1. The van der Waals surface area contributed by atoms with Gasteiger partial charge in [0.2, 0.25) is 5.91 Å². The van der Waals surface area contributed by atoms with Gasteiger partial charge in [0.25, 0.3) is 10.0 Å². The average Bonchev–Trinajstić information content (AvgIpc) is 3.11. The molecule has 1 saturated heterocycles. The predicted octanol–water partition coefficient (Wildman–Crippen LogP) is 2.16. The third-order valence-corrected chi connectivity index (χ3v) is 7.96. The molecule has 0 spiro atoms. The van der Waals surface area contributed by atoms with E-state index in [0.29, 0.717) is 23.1 Å². The van der Waals surface area contributed by atoms with E-state index in [1.165, 1.54) is 34.9 Å². The minimum atomic E-state index is -3.54. The molecular formula is C15H22N2O3S2. The van der Waals surface area contributed by atoms with Gasteiger partial charge < -0.3 is 4.90 Å². The van der Waals surface area contributed by atoms with Crippen molar-refractivity contribution in [3.8, 4) is 0 Å². The van der Waals surface area contributed by atoms with Gasteiger partial charge in [0.1, 0.15) is 10.3 Å². The predicted molar refractivity (Wildman–Crippen MR) is 86.2 cm³/mol. The Morgan fingerprint density at radius 3 is 2.73 bits per heavy atom. The second-order valence-corrected chi connectivity index (χ2v) is 9.29. The number of hydrogen-bond acceptors (Lipinski definition) is 4. The van der Waals surface area contributed by atoms with Gasteiger partial charge in [-0.2, -0.15) is 4.31 Å². The topological polar surface area (TPSA) is 57.7 Å². The van der Waals surface area contributed by atoms with Crippen LogP contribution in [-0.2, 0) is 14.8 Å². The quantitative estimate of drug-likeness (QED) is 0.824. The summed E-state index contributed by atoms with van der Waals surface area (Å²) < 4.78 is 27.1. The van der Waals surface area contributed by atoms with E-state index < -0.39 is 16.1 Å². The van der Waals surface area contributed by atoms with Crippen LogP contribution >= 0.6 is 11.3 Å². The SMILES string of the molecule is CN(CC1CCC1)C(=O)C1CCCN1S(=O)(=O)c1cccs1. The third-order valence-electron chi connectivity index (χ3n) is 4.68. The molecule has 7 heteroatoms. The van der Waals surface area contributed by atoms with Crippen LogP contribution < -0.4 is 0 Å². The van der Waals surface area contributed by atoms with Gasteiger partial charge in [0, 0.05) is 20.1 Å². The van der Waals surface area contributed by atoms with Crippen LogP contribution in [0.3, 0.4) is 0 Å². The summed E-state index contributed by atoms with van der Waals surface area (Å²) in [7, 11) is -1.74. The Morgan fingerprint density at radius 1 is 1.36 bits per heavy atom. The van der Waals surface area contributed by atoms with Crippen molar-refractivity contribution in [3.63, 3.8) is 0 Å². The van der Waals surface area contributed by atoms with Crippen molar-refractivity contribution < 1.29 is 13.2 Å². The molecule has 0 N–H and O–H groups in total. The highest BCUT2D eigenvalue weighted by Crippen LogP contribution is 2.31. The van der Waals surface area contributed by atoms with E-state index in [2.05, 4.69) is 0 Å². The standard InChI is InChI=1S/C15H22N2O3S2/c1-16(11-12-5-2-6-12)15(18)13-7-3-9-17(13)22(19,20)14-8-4-10-21-14/h4,8,10,12-13H,2-3,5-7,9,11H2,1H3. The largest absolute Gasteiger partial charge is 0.344 e. The van der Waals surface area contributed by atoms with Crippen molar-refractivity contribution >= 4 is 27.3 Å². The molecule has 122 valence electrons. The normalized spacial score (nSPS) is 23.4. The molecule has 2 fully saturated rings. The maximum absolute atomic E-state index is 12.7. The zero-order valence-corrected chi connectivity index (χ0v) is 14.4. The van der Waals surface area contributed by atoms with E-state index >= 15 is 0 Å². The van der Waals surface area contributed by atoms with E-state index in [9.17, 15) is 13.2 Å². The Labute approximate surface area is 136 Å². The van der Waals surface area contributed by atoms with Crippen LogP contribution in [0.1, 0.15) is 32.1 Å². The lowest BCUT2D eigenvalue weighted by atomic mass is 9.85. The Balaban J connectivity index is 1.73. The van der Waals surface area contributed by atoms with Crippen LogP contribution in [0.2, 0.25) is 0 Å². The van der Waals surface area contributed by atoms with Gasteiger partial charge in [-0.15, -0.1) is 11.3 Å². The second-order valence-electron chi connectivity index (χ2n) is 6.22. The highest BCUT2D eigenvalue weighted by molar-refractivity contribution is 7.91. The van der Waals surface area contributed by atoms with Crippen molar-refractivity contribution in [3.05, 3.63) is 17.5 Å². The molecule has 1 saturated carbocycles. The Bertz CT molecular complexity index is 623. The maximum atomic E-state index is 12.7. The zero-order chi connectivity index (χ0) is 15.7. The van der Waals surface area contributed by atoms with Crippen LogP contribution in [0, 0.1) is 5.92 Å². The van der Waals surface area contributed by atoms with Crippen LogP contribution in [0.25, 0.3) is 0 Å². The van der Waals surface area contributed by atoms with Crippen molar-refractivity contribution in [2.24, 2.45) is 5.92 Å². The number of rotatable bonds is 5. The molecule has 1 aliphatic carbocycles. The van der Waals surface area contributed by atoms with Crippen LogP contribution in [-0.4, -0.2) is 49.7 Å². The lowest BCUT2D eigenvalue weighted by Crippen LogP contribution is -2.47. The number of likely N-dealkylation sites (N-methyl/N-ethyl adjacent to an activating group) is 1. The fourth-order valence-electron chi connectivity index (χ4n) is 3.21. The highest BCUT2D eigenvalue weighted by Gasteiger charge is 2.41. The van der Waals surface area contributed by atoms with Crippen molar-refractivity contribution in [1.82, 2.24) is 9.21 Å². The second kappa shape index (κ2) is 6.29. The molecule has 1 atom stereocenters. The lowest BCUT2D eigenvalue weighted by molar-refractivity contribution is -0.134. The molecule has 3 rings (SSSR count). The van der Waals surface area contributed by atoms with Gasteiger partial charge >= 0.3 is 0 Å². The molecule has 2 heterocycles. The van der Waals surface area contributed by atoms with E-state index in [1.807, 2.05) is 0 Å². The molecule has 5 nitrogen and oxygen atoms in total. The molecule has 1 aliphatic heterocycles. The minimum Gasteiger partial charge on any atom is -0.344 e.